The van der Waals surface area contributed by atoms with Gasteiger partial charge < -0.3 is 14.2 Å². The summed E-state index contributed by atoms with van der Waals surface area (Å²) in [5, 5.41) is 0. The molecule has 0 N–H and O–H groups in total. The molecule has 0 radical (unpaired) electrons. The van der Waals surface area contributed by atoms with Crippen LogP contribution in [0.2, 0.25) is 0 Å². The molecular weight excluding hydrogens is 829 g/mol. The lowest BCUT2D eigenvalue weighted by Crippen LogP contribution is -2.30. The first-order valence-electron chi connectivity index (χ1n) is 29.8. The van der Waals surface area contributed by atoms with E-state index in [2.05, 4.69) is 45.1 Å². The number of allylic oxidation sites excluding steroid dienone is 4. The highest BCUT2D eigenvalue weighted by Crippen LogP contribution is 2.17. The minimum atomic E-state index is -0.769. The maximum atomic E-state index is 12.8. The van der Waals surface area contributed by atoms with Gasteiger partial charge in [-0.15, -0.1) is 0 Å². The molecule has 0 rings (SSSR count). The first-order valence-corrected chi connectivity index (χ1v) is 29.8. The van der Waals surface area contributed by atoms with Crippen LogP contribution in [0.3, 0.4) is 0 Å². The number of carbonyl (C=O) groups is 3. The summed E-state index contributed by atoms with van der Waals surface area (Å²) in [6.07, 6.45) is 66.0. The quantitative estimate of drug-likeness (QED) is 0.0262. The summed E-state index contributed by atoms with van der Waals surface area (Å²) < 4.78 is 16.9. The van der Waals surface area contributed by atoms with Crippen molar-refractivity contribution in [3.05, 3.63) is 24.3 Å². The van der Waals surface area contributed by atoms with Gasteiger partial charge in [0.2, 0.25) is 0 Å². The molecular formula is C61H114O6. The lowest BCUT2D eigenvalue weighted by atomic mass is 10.0. The van der Waals surface area contributed by atoms with Crippen LogP contribution in [0.1, 0.15) is 329 Å². The van der Waals surface area contributed by atoms with Gasteiger partial charge in [0.25, 0.3) is 0 Å². The predicted octanol–water partition coefficient (Wildman–Crippen LogP) is 19.9. The highest BCUT2D eigenvalue weighted by Gasteiger charge is 2.19. The molecule has 0 aliphatic heterocycles. The third-order valence-corrected chi connectivity index (χ3v) is 13.5. The smallest absolute Gasteiger partial charge is 0.306 e. The molecule has 0 aromatic carbocycles. The number of unbranched alkanes of at least 4 members (excludes halogenated alkanes) is 40. The van der Waals surface area contributed by atoms with Crippen molar-refractivity contribution < 1.29 is 28.6 Å². The van der Waals surface area contributed by atoms with Gasteiger partial charge in [-0.25, -0.2) is 0 Å². The summed E-state index contributed by atoms with van der Waals surface area (Å²) in [5.41, 5.74) is 0. The maximum absolute atomic E-state index is 12.8. The lowest BCUT2D eigenvalue weighted by molar-refractivity contribution is -0.167. The van der Waals surface area contributed by atoms with E-state index in [1.807, 2.05) is 0 Å². The number of hydrogen-bond acceptors (Lipinski definition) is 6. The van der Waals surface area contributed by atoms with Crippen molar-refractivity contribution in [3.8, 4) is 0 Å². The van der Waals surface area contributed by atoms with E-state index in [-0.39, 0.29) is 31.1 Å². The maximum Gasteiger partial charge on any atom is 0.306 e. The van der Waals surface area contributed by atoms with Crippen molar-refractivity contribution >= 4 is 17.9 Å². The Morgan fingerprint density at radius 2 is 0.537 bits per heavy atom. The Morgan fingerprint density at radius 1 is 0.299 bits per heavy atom. The SMILES string of the molecule is CCCCC/C=C\C/C=C\CCCCCCCCCC(=O)OC[C@H](COC(=O)CCCCCCCCCCCCCCCCCCCCCCC)OC(=O)CCCCCCCCCCCCC. The summed E-state index contributed by atoms with van der Waals surface area (Å²) >= 11 is 0. The van der Waals surface area contributed by atoms with Gasteiger partial charge in [0, 0.05) is 19.3 Å². The van der Waals surface area contributed by atoms with Crippen LogP contribution in [-0.2, 0) is 28.6 Å². The molecule has 0 unspecified atom stereocenters. The third-order valence-electron chi connectivity index (χ3n) is 13.5. The van der Waals surface area contributed by atoms with Crippen molar-refractivity contribution in [3.63, 3.8) is 0 Å². The van der Waals surface area contributed by atoms with Crippen LogP contribution in [0, 0.1) is 0 Å². The molecule has 1 atom stereocenters. The summed E-state index contributed by atoms with van der Waals surface area (Å²) in [5.74, 6) is -0.855. The summed E-state index contributed by atoms with van der Waals surface area (Å²) in [7, 11) is 0. The van der Waals surface area contributed by atoms with E-state index >= 15 is 0 Å². The van der Waals surface area contributed by atoms with Gasteiger partial charge in [0.1, 0.15) is 13.2 Å². The van der Waals surface area contributed by atoms with Crippen molar-refractivity contribution in [2.45, 2.75) is 335 Å². The Morgan fingerprint density at radius 3 is 0.851 bits per heavy atom. The number of ether oxygens (including phenoxy) is 3. The topological polar surface area (TPSA) is 78.9 Å². The Kier molecular flexibility index (Phi) is 54.7. The molecule has 394 valence electrons. The highest BCUT2D eigenvalue weighted by atomic mass is 16.6. The number of esters is 3. The van der Waals surface area contributed by atoms with E-state index in [1.165, 1.54) is 218 Å². The Labute approximate surface area is 417 Å². The normalized spacial score (nSPS) is 12.1. The number of carbonyl (C=O) groups excluding carboxylic acids is 3. The van der Waals surface area contributed by atoms with Crippen LogP contribution >= 0.6 is 0 Å². The van der Waals surface area contributed by atoms with Crippen LogP contribution < -0.4 is 0 Å². The molecule has 0 saturated heterocycles. The second-order valence-corrected chi connectivity index (χ2v) is 20.3. The van der Waals surface area contributed by atoms with Gasteiger partial charge in [-0.2, -0.15) is 0 Å². The summed E-state index contributed by atoms with van der Waals surface area (Å²) in [6.45, 7) is 6.65. The van der Waals surface area contributed by atoms with E-state index in [0.717, 1.165) is 70.6 Å². The second kappa shape index (κ2) is 56.5. The highest BCUT2D eigenvalue weighted by molar-refractivity contribution is 5.71. The molecule has 0 amide bonds. The minimum Gasteiger partial charge on any atom is -0.462 e. The summed E-state index contributed by atoms with van der Waals surface area (Å²) in [6, 6.07) is 0. The van der Waals surface area contributed by atoms with Crippen molar-refractivity contribution in [2.75, 3.05) is 13.2 Å². The van der Waals surface area contributed by atoms with Crippen LogP contribution in [0.5, 0.6) is 0 Å². The van der Waals surface area contributed by atoms with Crippen molar-refractivity contribution in [2.24, 2.45) is 0 Å². The van der Waals surface area contributed by atoms with Gasteiger partial charge >= 0.3 is 17.9 Å². The minimum absolute atomic E-state index is 0.0681. The lowest BCUT2D eigenvalue weighted by Gasteiger charge is -2.18. The van der Waals surface area contributed by atoms with Gasteiger partial charge in [0.15, 0.2) is 6.10 Å². The fourth-order valence-corrected chi connectivity index (χ4v) is 8.95. The zero-order valence-corrected chi connectivity index (χ0v) is 45.2. The fraction of sp³-hybridized carbons (Fsp3) is 0.885. The Bertz CT molecular complexity index is 1080. The van der Waals surface area contributed by atoms with E-state index in [1.54, 1.807) is 0 Å². The Hall–Kier alpha value is -2.11. The van der Waals surface area contributed by atoms with Gasteiger partial charge in [-0.3, -0.25) is 14.4 Å². The average Bonchev–Trinajstić information content (AvgIpc) is 3.33. The third kappa shape index (κ3) is 54.7. The molecule has 0 aliphatic carbocycles. The van der Waals surface area contributed by atoms with Crippen LogP contribution in [0.15, 0.2) is 24.3 Å². The molecule has 0 spiro atoms. The standard InChI is InChI=1S/C61H114O6/c1-4-7-10-13-16-19-22-24-26-28-29-30-31-33-35-37-40-42-45-48-51-54-60(63)66-57-58(67-61(64)55-52-49-46-43-38-21-18-15-12-9-6-3)56-65-59(62)53-50-47-44-41-39-36-34-32-27-25-23-20-17-14-11-8-5-2/h17,20,25,27,58H,4-16,18-19,21-24,26,28-57H2,1-3H3/b20-17-,27-25-/t58-/m1/s1. The van der Waals surface area contributed by atoms with E-state index in [4.69, 9.17) is 14.2 Å². The molecule has 0 fully saturated rings. The zero-order valence-electron chi connectivity index (χ0n) is 45.2. The molecule has 0 aliphatic rings. The molecule has 0 heterocycles. The molecule has 0 aromatic rings. The average molecular weight is 944 g/mol. The molecule has 6 heteroatoms. The molecule has 0 bridgehead atoms. The first kappa shape index (κ1) is 64.9. The van der Waals surface area contributed by atoms with Crippen molar-refractivity contribution in [1.82, 2.24) is 0 Å². The molecule has 6 nitrogen and oxygen atoms in total. The number of rotatable bonds is 55. The van der Waals surface area contributed by atoms with E-state index < -0.39 is 6.10 Å². The predicted molar refractivity (Wildman–Crippen MR) is 289 cm³/mol. The fourth-order valence-electron chi connectivity index (χ4n) is 8.95. The molecule has 0 saturated carbocycles. The van der Waals surface area contributed by atoms with Crippen LogP contribution in [0.4, 0.5) is 0 Å². The zero-order chi connectivity index (χ0) is 48.6. The van der Waals surface area contributed by atoms with Crippen LogP contribution in [-0.4, -0.2) is 37.2 Å². The Balaban J connectivity index is 4.23. The molecule has 67 heavy (non-hydrogen) atoms. The van der Waals surface area contributed by atoms with E-state index in [0.29, 0.717) is 19.3 Å². The van der Waals surface area contributed by atoms with Crippen LogP contribution in [0.25, 0.3) is 0 Å². The van der Waals surface area contributed by atoms with Crippen molar-refractivity contribution in [1.29, 1.82) is 0 Å². The first-order chi connectivity index (χ1) is 33.0. The largest absolute Gasteiger partial charge is 0.462 e. The number of hydrogen-bond donors (Lipinski definition) is 0. The monoisotopic (exact) mass is 943 g/mol. The van der Waals surface area contributed by atoms with Gasteiger partial charge in [0.05, 0.1) is 0 Å². The van der Waals surface area contributed by atoms with E-state index in [9.17, 15) is 14.4 Å². The molecule has 0 aromatic heterocycles. The van der Waals surface area contributed by atoms with Gasteiger partial charge in [-0.1, -0.05) is 283 Å². The second-order valence-electron chi connectivity index (χ2n) is 20.3. The summed E-state index contributed by atoms with van der Waals surface area (Å²) in [4.78, 5) is 38.1. The van der Waals surface area contributed by atoms with Gasteiger partial charge in [-0.05, 0) is 51.4 Å².